The van der Waals surface area contributed by atoms with Gasteiger partial charge >= 0.3 is 0 Å². The average Bonchev–Trinajstić information content (AvgIpc) is 3.43. The standard InChI is InChI=1S/C22H26N4O2S/c1-16(21(27)25(2)17-10-5-3-6-11-17)29-22-24-23-20(19-14-9-15-28-19)26(22)18-12-7-4-8-13-18/h3,5-6,9-11,14-16,18H,4,7-8,12-13H2,1-2H3. The van der Waals surface area contributed by atoms with Gasteiger partial charge in [-0.2, -0.15) is 0 Å². The van der Waals surface area contributed by atoms with E-state index < -0.39 is 0 Å². The largest absolute Gasteiger partial charge is 0.461 e. The van der Waals surface area contributed by atoms with E-state index in [0.717, 1.165) is 35.3 Å². The molecule has 3 aromatic rings. The summed E-state index contributed by atoms with van der Waals surface area (Å²) in [5.74, 6) is 1.51. The van der Waals surface area contributed by atoms with E-state index in [1.54, 1.807) is 11.2 Å². The van der Waals surface area contributed by atoms with Crippen molar-refractivity contribution in [1.29, 1.82) is 0 Å². The van der Waals surface area contributed by atoms with Crippen molar-refractivity contribution in [2.75, 3.05) is 11.9 Å². The van der Waals surface area contributed by atoms with Crippen LogP contribution < -0.4 is 4.90 Å². The summed E-state index contributed by atoms with van der Waals surface area (Å²) < 4.78 is 7.79. The molecule has 0 N–H and O–H groups in total. The van der Waals surface area contributed by atoms with E-state index in [2.05, 4.69) is 14.8 Å². The van der Waals surface area contributed by atoms with E-state index >= 15 is 0 Å². The number of para-hydroxylation sites is 1. The summed E-state index contributed by atoms with van der Waals surface area (Å²) in [6.45, 7) is 1.93. The van der Waals surface area contributed by atoms with Crippen molar-refractivity contribution >= 4 is 23.4 Å². The highest BCUT2D eigenvalue weighted by atomic mass is 32.2. The van der Waals surface area contributed by atoms with Gasteiger partial charge in [0.15, 0.2) is 10.9 Å². The van der Waals surface area contributed by atoms with Gasteiger partial charge in [-0.1, -0.05) is 49.2 Å². The monoisotopic (exact) mass is 410 g/mol. The van der Waals surface area contributed by atoms with Crippen LogP contribution in [0.25, 0.3) is 11.6 Å². The number of anilines is 1. The molecule has 2 heterocycles. The smallest absolute Gasteiger partial charge is 0.240 e. The molecule has 4 rings (SSSR count). The molecule has 0 saturated heterocycles. The molecule has 1 aliphatic carbocycles. The van der Waals surface area contributed by atoms with Crippen LogP contribution in [0.4, 0.5) is 5.69 Å². The van der Waals surface area contributed by atoms with Gasteiger partial charge in [0, 0.05) is 18.8 Å². The molecular formula is C22H26N4O2S. The van der Waals surface area contributed by atoms with Crippen LogP contribution >= 0.6 is 11.8 Å². The van der Waals surface area contributed by atoms with Crippen molar-refractivity contribution in [3.05, 3.63) is 48.7 Å². The fourth-order valence-electron chi connectivity index (χ4n) is 3.86. The number of furan rings is 1. The molecule has 29 heavy (non-hydrogen) atoms. The van der Waals surface area contributed by atoms with Crippen molar-refractivity contribution < 1.29 is 9.21 Å². The SMILES string of the molecule is CC(Sc1nnc(-c2ccco2)n1C1CCCCC1)C(=O)N(C)c1ccccc1. The van der Waals surface area contributed by atoms with Gasteiger partial charge in [0.25, 0.3) is 0 Å². The molecule has 0 spiro atoms. The van der Waals surface area contributed by atoms with Crippen LogP contribution in [0.2, 0.25) is 0 Å². The fourth-order valence-corrected chi connectivity index (χ4v) is 4.87. The minimum atomic E-state index is -0.281. The van der Waals surface area contributed by atoms with Crippen molar-refractivity contribution in [2.45, 2.75) is 55.5 Å². The maximum atomic E-state index is 13.0. The van der Waals surface area contributed by atoms with Crippen molar-refractivity contribution in [2.24, 2.45) is 0 Å². The lowest BCUT2D eigenvalue weighted by molar-refractivity contribution is -0.117. The van der Waals surface area contributed by atoms with Gasteiger partial charge in [-0.05, 0) is 44.0 Å². The maximum absolute atomic E-state index is 13.0. The Bertz CT molecular complexity index is 933. The molecule has 6 nitrogen and oxygen atoms in total. The van der Waals surface area contributed by atoms with E-state index in [1.165, 1.54) is 31.0 Å². The summed E-state index contributed by atoms with van der Waals surface area (Å²) in [6, 6.07) is 13.8. The summed E-state index contributed by atoms with van der Waals surface area (Å²) >= 11 is 1.47. The molecule has 1 aromatic carbocycles. The first-order valence-electron chi connectivity index (χ1n) is 10.1. The van der Waals surface area contributed by atoms with Crippen molar-refractivity contribution in [3.63, 3.8) is 0 Å². The summed E-state index contributed by atoms with van der Waals surface area (Å²) in [5.41, 5.74) is 0.884. The van der Waals surface area contributed by atoms with E-state index in [9.17, 15) is 4.79 Å². The molecule has 1 unspecified atom stereocenters. The van der Waals surface area contributed by atoms with Crippen LogP contribution in [-0.2, 0) is 4.79 Å². The molecule has 0 aliphatic heterocycles. The van der Waals surface area contributed by atoms with Gasteiger partial charge in [0.1, 0.15) is 0 Å². The number of benzene rings is 1. The number of aromatic nitrogens is 3. The Labute approximate surface area is 175 Å². The molecule has 1 atom stereocenters. The van der Waals surface area contributed by atoms with E-state index in [1.807, 2.05) is 56.4 Å². The second kappa shape index (κ2) is 8.86. The van der Waals surface area contributed by atoms with Gasteiger partial charge in [-0.15, -0.1) is 10.2 Å². The Hall–Kier alpha value is -2.54. The van der Waals surface area contributed by atoms with Crippen molar-refractivity contribution in [1.82, 2.24) is 14.8 Å². The second-order valence-electron chi connectivity index (χ2n) is 7.44. The van der Waals surface area contributed by atoms with Gasteiger partial charge in [-0.25, -0.2) is 0 Å². The Kier molecular flexibility index (Phi) is 6.04. The predicted octanol–water partition coefficient (Wildman–Crippen LogP) is 5.19. The highest BCUT2D eigenvalue weighted by Gasteiger charge is 2.28. The van der Waals surface area contributed by atoms with Gasteiger partial charge in [-0.3, -0.25) is 9.36 Å². The first-order valence-corrected chi connectivity index (χ1v) is 11.0. The van der Waals surface area contributed by atoms with Crippen molar-refractivity contribution in [3.8, 4) is 11.6 Å². The van der Waals surface area contributed by atoms with Crippen LogP contribution in [-0.4, -0.2) is 33.0 Å². The first-order chi connectivity index (χ1) is 14.1. The molecule has 7 heteroatoms. The Morgan fingerprint density at radius 3 is 2.59 bits per heavy atom. The number of rotatable bonds is 6. The van der Waals surface area contributed by atoms with Crippen LogP contribution in [0.3, 0.4) is 0 Å². The lowest BCUT2D eigenvalue weighted by Gasteiger charge is -2.26. The number of amides is 1. The molecule has 152 valence electrons. The molecular weight excluding hydrogens is 384 g/mol. The minimum Gasteiger partial charge on any atom is -0.461 e. The third-order valence-corrected chi connectivity index (χ3v) is 6.49. The summed E-state index contributed by atoms with van der Waals surface area (Å²) in [7, 11) is 1.81. The highest BCUT2D eigenvalue weighted by Crippen LogP contribution is 2.37. The van der Waals surface area contributed by atoms with Gasteiger partial charge < -0.3 is 9.32 Å². The van der Waals surface area contributed by atoms with E-state index in [4.69, 9.17) is 4.42 Å². The van der Waals surface area contributed by atoms with Crippen LogP contribution in [0.15, 0.2) is 58.3 Å². The third-order valence-electron chi connectivity index (χ3n) is 5.45. The zero-order valence-corrected chi connectivity index (χ0v) is 17.6. The van der Waals surface area contributed by atoms with E-state index in [0.29, 0.717) is 6.04 Å². The quantitative estimate of drug-likeness (QED) is 0.524. The molecule has 0 radical (unpaired) electrons. The average molecular weight is 411 g/mol. The maximum Gasteiger partial charge on any atom is 0.240 e. The lowest BCUT2D eigenvalue weighted by Crippen LogP contribution is -2.33. The van der Waals surface area contributed by atoms with Gasteiger partial charge in [0.05, 0.1) is 11.5 Å². The van der Waals surface area contributed by atoms with Crippen LogP contribution in [0, 0.1) is 0 Å². The first kappa shape index (κ1) is 19.8. The molecule has 0 bridgehead atoms. The third kappa shape index (κ3) is 4.24. The summed E-state index contributed by atoms with van der Waals surface area (Å²) in [6.07, 6.45) is 7.54. The molecule has 1 saturated carbocycles. The van der Waals surface area contributed by atoms with Crippen LogP contribution in [0.1, 0.15) is 45.1 Å². The number of hydrogen-bond donors (Lipinski definition) is 0. The lowest BCUT2D eigenvalue weighted by atomic mass is 9.95. The molecule has 1 aliphatic rings. The zero-order chi connectivity index (χ0) is 20.2. The summed E-state index contributed by atoms with van der Waals surface area (Å²) in [4.78, 5) is 14.7. The molecule has 2 aromatic heterocycles. The topological polar surface area (TPSA) is 64.2 Å². The number of hydrogen-bond acceptors (Lipinski definition) is 5. The molecule has 1 amide bonds. The predicted molar refractivity (Wildman–Crippen MR) is 115 cm³/mol. The number of carbonyl (C=O) groups is 1. The Morgan fingerprint density at radius 1 is 1.14 bits per heavy atom. The van der Waals surface area contributed by atoms with Gasteiger partial charge in [0.2, 0.25) is 11.7 Å². The molecule has 1 fully saturated rings. The second-order valence-corrected chi connectivity index (χ2v) is 8.75. The van der Waals surface area contributed by atoms with E-state index in [-0.39, 0.29) is 11.2 Å². The summed E-state index contributed by atoms with van der Waals surface area (Å²) in [5, 5.41) is 9.37. The number of thioether (sulfide) groups is 1. The van der Waals surface area contributed by atoms with Crippen LogP contribution in [0.5, 0.6) is 0 Å². The normalized spacial score (nSPS) is 15.9. The Morgan fingerprint density at radius 2 is 1.90 bits per heavy atom. The highest BCUT2D eigenvalue weighted by molar-refractivity contribution is 8.00. The Balaban J connectivity index is 1.58. The zero-order valence-electron chi connectivity index (χ0n) is 16.8. The fraction of sp³-hybridized carbons (Fsp3) is 0.409. The number of nitrogens with zero attached hydrogens (tertiary/aromatic N) is 4. The minimum absolute atomic E-state index is 0.0407. The number of carbonyl (C=O) groups excluding carboxylic acids is 1.